The second-order valence-electron chi connectivity index (χ2n) is 4.42. The van der Waals surface area contributed by atoms with Crippen LogP contribution in [0.25, 0.3) is 11.3 Å². The van der Waals surface area contributed by atoms with E-state index in [9.17, 15) is 8.78 Å². The molecule has 0 saturated heterocycles. The van der Waals surface area contributed by atoms with Gasteiger partial charge in [-0.1, -0.05) is 13.8 Å². The van der Waals surface area contributed by atoms with Gasteiger partial charge >= 0.3 is 0 Å². The van der Waals surface area contributed by atoms with Gasteiger partial charge in [-0.2, -0.15) is 0 Å². The molecule has 1 N–H and O–H groups in total. The first kappa shape index (κ1) is 11.1. The second-order valence-corrected chi connectivity index (χ2v) is 4.42. The van der Waals surface area contributed by atoms with Crippen LogP contribution in [0.2, 0.25) is 0 Å². The Morgan fingerprint density at radius 1 is 1.19 bits per heavy atom. The lowest BCUT2D eigenvalue weighted by Crippen LogP contribution is -1.93. The van der Waals surface area contributed by atoms with Crippen molar-refractivity contribution in [2.24, 2.45) is 0 Å². The normalized spacial score (nSPS) is 11.9. The van der Waals surface area contributed by atoms with Crippen molar-refractivity contribution in [2.75, 3.05) is 0 Å². The Labute approximate surface area is 93.8 Å². The average Bonchev–Trinajstić information content (AvgIpc) is 2.56. The van der Waals surface area contributed by atoms with Crippen LogP contribution in [0.5, 0.6) is 0 Å². The molecule has 0 fully saturated rings. The quantitative estimate of drug-likeness (QED) is 0.808. The Morgan fingerprint density at radius 3 is 2.56 bits per heavy atom. The van der Waals surface area contributed by atoms with E-state index in [0.29, 0.717) is 11.5 Å². The fourth-order valence-electron chi connectivity index (χ4n) is 1.84. The second kappa shape index (κ2) is 4.24. The molecule has 2 aliphatic rings. The number of hydrogen-bond acceptors (Lipinski definition) is 0. The van der Waals surface area contributed by atoms with Crippen LogP contribution >= 0.6 is 0 Å². The van der Waals surface area contributed by atoms with Crippen molar-refractivity contribution < 1.29 is 8.78 Å². The summed E-state index contributed by atoms with van der Waals surface area (Å²) < 4.78 is 24.5. The summed E-state index contributed by atoms with van der Waals surface area (Å²) in [5.74, 6) is 0.439. The molecule has 0 spiro atoms. The summed E-state index contributed by atoms with van der Waals surface area (Å²) in [5, 5.41) is 0. The Hall–Kier alpha value is -1.38. The minimum absolute atomic E-state index is 0.167. The van der Waals surface area contributed by atoms with Crippen molar-refractivity contribution in [2.45, 2.75) is 32.6 Å². The number of alkyl halides is 2. The molecule has 0 atom stereocenters. The van der Waals surface area contributed by atoms with Crippen LogP contribution in [0.4, 0.5) is 8.78 Å². The molecule has 0 aromatic heterocycles. The lowest BCUT2D eigenvalue weighted by atomic mass is 10.0. The predicted octanol–water partition coefficient (Wildman–Crippen LogP) is 4.05. The van der Waals surface area contributed by atoms with Gasteiger partial charge in [0.15, 0.2) is 0 Å². The minimum Gasteiger partial charge on any atom is -0.361 e. The summed E-state index contributed by atoms with van der Waals surface area (Å²) in [6, 6.07) is 5.70. The third kappa shape index (κ3) is 2.23. The molecular formula is C13H15F2N. The van der Waals surface area contributed by atoms with Gasteiger partial charge in [0.25, 0.3) is 0 Å². The maximum absolute atomic E-state index is 12.2. The molecular weight excluding hydrogens is 208 g/mol. The highest BCUT2D eigenvalue weighted by molar-refractivity contribution is 5.65. The molecule has 0 radical (unpaired) electrons. The summed E-state index contributed by atoms with van der Waals surface area (Å²) in [6.07, 6.45) is -0.500. The van der Waals surface area contributed by atoms with Gasteiger partial charge < -0.3 is 4.98 Å². The molecule has 0 aromatic rings. The molecule has 0 amide bonds. The van der Waals surface area contributed by atoms with Crippen LogP contribution < -0.4 is 0 Å². The SMILES string of the molecule is CC(C)c1c[nH]c2cc(CC(F)F)cc-2c1. The highest BCUT2D eigenvalue weighted by Gasteiger charge is 2.12. The lowest BCUT2D eigenvalue weighted by molar-refractivity contribution is 0.149. The largest absolute Gasteiger partial charge is 0.361 e. The van der Waals surface area contributed by atoms with Crippen molar-refractivity contribution in [3.63, 3.8) is 0 Å². The van der Waals surface area contributed by atoms with Crippen molar-refractivity contribution >= 4 is 0 Å². The highest BCUT2D eigenvalue weighted by Crippen LogP contribution is 2.28. The van der Waals surface area contributed by atoms with Gasteiger partial charge in [0.2, 0.25) is 6.43 Å². The Balaban J connectivity index is 2.35. The molecule has 16 heavy (non-hydrogen) atoms. The highest BCUT2D eigenvalue weighted by atomic mass is 19.3. The molecule has 3 heteroatoms. The van der Waals surface area contributed by atoms with E-state index in [0.717, 1.165) is 11.3 Å². The van der Waals surface area contributed by atoms with Crippen LogP contribution in [0.3, 0.4) is 0 Å². The fourth-order valence-corrected chi connectivity index (χ4v) is 1.84. The summed E-state index contributed by atoms with van der Waals surface area (Å²) >= 11 is 0. The third-order valence-corrected chi connectivity index (χ3v) is 2.75. The van der Waals surface area contributed by atoms with Crippen molar-refractivity contribution in [3.8, 4) is 11.3 Å². The number of fused-ring (bicyclic) bond motifs is 1. The summed E-state index contributed by atoms with van der Waals surface area (Å²) in [5.41, 5.74) is 3.84. The zero-order valence-electron chi connectivity index (χ0n) is 9.43. The number of hydrogen-bond donors (Lipinski definition) is 1. The number of aromatic nitrogens is 1. The lowest BCUT2D eigenvalue weighted by Gasteiger charge is -2.07. The van der Waals surface area contributed by atoms with Crippen LogP contribution in [0, 0.1) is 0 Å². The Bertz CT molecular complexity index is 445. The number of pyridine rings is 1. The average molecular weight is 223 g/mol. The summed E-state index contributed by atoms with van der Waals surface area (Å²) in [7, 11) is 0. The number of H-pyrrole nitrogens is 1. The molecule has 0 unspecified atom stereocenters. The van der Waals surface area contributed by atoms with Crippen LogP contribution in [-0.4, -0.2) is 11.4 Å². The van der Waals surface area contributed by atoms with Gasteiger partial charge in [-0.3, -0.25) is 0 Å². The molecule has 0 saturated carbocycles. The van der Waals surface area contributed by atoms with E-state index in [1.165, 1.54) is 5.56 Å². The molecule has 1 aliphatic carbocycles. The summed E-state index contributed by atoms with van der Waals surface area (Å²) in [6.45, 7) is 4.22. The van der Waals surface area contributed by atoms with E-state index >= 15 is 0 Å². The van der Waals surface area contributed by atoms with Crippen LogP contribution in [0.1, 0.15) is 30.9 Å². The molecule has 1 aliphatic heterocycles. The molecule has 86 valence electrons. The van der Waals surface area contributed by atoms with Gasteiger partial charge in [0.05, 0.1) is 0 Å². The standard InChI is InChI=1S/C13H15F2N/c1-8(2)11-6-10-3-9(5-13(14)15)4-12(10)16-7-11/h3-4,6-8,13,16H,5H2,1-2H3. The molecule has 0 aromatic carbocycles. The first-order valence-electron chi connectivity index (χ1n) is 5.45. The van der Waals surface area contributed by atoms with E-state index in [2.05, 4.69) is 24.9 Å². The van der Waals surface area contributed by atoms with E-state index in [1.54, 1.807) is 6.07 Å². The van der Waals surface area contributed by atoms with Crippen molar-refractivity contribution in [1.82, 2.24) is 4.98 Å². The van der Waals surface area contributed by atoms with E-state index in [1.807, 2.05) is 12.3 Å². The fraction of sp³-hybridized carbons (Fsp3) is 0.385. The van der Waals surface area contributed by atoms with E-state index < -0.39 is 6.43 Å². The van der Waals surface area contributed by atoms with Crippen LogP contribution in [-0.2, 0) is 6.42 Å². The van der Waals surface area contributed by atoms with Crippen molar-refractivity contribution in [1.29, 1.82) is 0 Å². The number of nitrogens with one attached hydrogen (secondary N) is 1. The van der Waals surface area contributed by atoms with Gasteiger partial charge in [0.1, 0.15) is 0 Å². The Morgan fingerprint density at radius 2 is 1.94 bits per heavy atom. The summed E-state index contributed by atoms with van der Waals surface area (Å²) in [4.78, 5) is 3.15. The predicted molar refractivity (Wildman–Crippen MR) is 61.2 cm³/mol. The maximum Gasteiger partial charge on any atom is 0.242 e. The maximum atomic E-state index is 12.2. The monoisotopic (exact) mass is 223 g/mol. The van der Waals surface area contributed by atoms with Gasteiger partial charge in [-0.05, 0) is 40.8 Å². The Kier molecular flexibility index (Phi) is 2.95. The van der Waals surface area contributed by atoms with E-state index in [4.69, 9.17) is 0 Å². The molecule has 1 nitrogen and oxygen atoms in total. The minimum atomic E-state index is -2.28. The van der Waals surface area contributed by atoms with Gasteiger partial charge in [-0.25, -0.2) is 8.78 Å². The molecule has 2 rings (SSSR count). The number of halogens is 2. The van der Waals surface area contributed by atoms with Crippen molar-refractivity contribution in [3.05, 3.63) is 35.5 Å². The topological polar surface area (TPSA) is 15.8 Å². The zero-order chi connectivity index (χ0) is 11.7. The smallest absolute Gasteiger partial charge is 0.242 e. The first-order valence-corrected chi connectivity index (χ1v) is 5.45. The third-order valence-electron chi connectivity index (χ3n) is 2.75. The van der Waals surface area contributed by atoms with Gasteiger partial charge in [0, 0.05) is 18.3 Å². The number of aromatic amines is 1. The zero-order valence-corrected chi connectivity index (χ0v) is 9.43. The van der Waals surface area contributed by atoms with E-state index in [-0.39, 0.29) is 6.42 Å². The first-order chi connectivity index (χ1) is 7.56. The van der Waals surface area contributed by atoms with Crippen LogP contribution in [0.15, 0.2) is 24.4 Å². The number of rotatable bonds is 3. The molecule has 1 heterocycles. The molecule has 0 bridgehead atoms. The van der Waals surface area contributed by atoms with Gasteiger partial charge in [-0.15, -0.1) is 0 Å².